The van der Waals surface area contributed by atoms with Gasteiger partial charge in [-0.05, 0) is 47.0 Å². The molecule has 1 heterocycles. The molecule has 0 aliphatic rings. The Morgan fingerprint density at radius 2 is 2.17 bits per heavy atom. The van der Waals surface area contributed by atoms with Gasteiger partial charge in [0.15, 0.2) is 0 Å². The number of hydrogen-bond acceptors (Lipinski definition) is 4. The molecule has 5 N–H and O–H groups in total. The summed E-state index contributed by atoms with van der Waals surface area (Å²) in [5.41, 5.74) is 15.4. The number of rotatable bonds is 4. The summed E-state index contributed by atoms with van der Waals surface area (Å²) in [6.45, 7) is 2.75. The number of primary amides is 1. The molecule has 0 aliphatic heterocycles. The number of nitrogen functional groups attached to an aromatic ring is 1. The fraction of sp³-hybridized carbons (Fsp3) is 0.154. The molecule has 1 amide bonds. The first-order chi connectivity index (χ1) is 8.58. The van der Waals surface area contributed by atoms with E-state index >= 15 is 0 Å². The second-order valence-electron chi connectivity index (χ2n) is 4.10. The van der Waals surface area contributed by atoms with E-state index in [4.69, 9.17) is 11.5 Å². The van der Waals surface area contributed by atoms with E-state index < -0.39 is 5.91 Å². The third-order valence-electron chi connectivity index (χ3n) is 2.77. The summed E-state index contributed by atoms with van der Waals surface area (Å²) in [7, 11) is 0. The predicted molar refractivity (Wildman–Crippen MR) is 75.8 cm³/mol. The van der Waals surface area contributed by atoms with Crippen molar-refractivity contribution in [2.24, 2.45) is 5.73 Å². The second kappa shape index (κ2) is 5.10. The van der Waals surface area contributed by atoms with E-state index in [0.29, 0.717) is 17.8 Å². The van der Waals surface area contributed by atoms with Crippen LogP contribution in [0, 0.1) is 6.92 Å². The minimum Gasteiger partial charge on any atom is -0.397 e. The lowest BCUT2D eigenvalue weighted by Crippen LogP contribution is -2.12. The normalized spacial score (nSPS) is 10.3. The quantitative estimate of drug-likeness (QED) is 0.739. The Hall–Kier alpha value is -2.01. The second-order valence-corrected chi connectivity index (χ2v) is 4.84. The van der Waals surface area contributed by atoms with Crippen LogP contribution in [0.3, 0.4) is 0 Å². The van der Waals surface area contributed by atoms with Crippen molar-refractivity contribution < 1.29 is 4.79 Å². The lowest BCUT2D eigenvalue weighted by molar-refractivity contribution is 0.100. The summed E-state index contributed by atoms with van der Waals surface area (Å²) in [4.78, 5) is 11.1. The van der Waals surface area contributed by atoms with Crippen LogP contribution in [0.4, 0.5) is 11.4 Å². The van der Waals surface area contributed by atoms with Crippen LogP contribution in [-0.4, -0.2) is 5.91 Å². The van der Waals surface area contributed by atoms with Crippen molar-refractivity contribution >= 4 is 28.6 Å². The zero-order valence-electron chi connectivity index (χ0n) is 10.1. The molecule has 0 radical (unpaired) electrons. The van der Waals surface area contributed by atoms with Gasteiger partial charge in [-0.1, -0.05) is 0 Å². The smallest absolute Gasteiger partial charge is 0.248 e. The molecule has 2 rings (SSSR count). The van der Waals surface area contributed by atoms with Gasteiger partial charge in [-0.3, -0.25) is 4.79 Å². The number of thiophene rings is 1. The van der Waals surface area contributed by atoms with Gasteiger partial charge in [-0.2, -0.15) is 11.3 Å². The van der Waals surface area contributed by atoms with Gasteiger partial charge >= 0.3 is 0 Å². The monoisotopic (exact) mass is 261 g/mol. The van der Waals surface area contributed by atoms with E-state index in [-0.39, 0.29) is 0 Å². The molecule has 2 aromatic rings. The highest BCUT2D eigenvalue weighted by atomic mass is 32.1. The van der Waals surface area contributed by atoms with Gasteiger partial charge in [0.1, 0.15) is 0 Å². The van der Waals surface area contributed by atoms with Crippen LogP contribution < -0.4 is 16.8 Å². The topological polar surface area (TPSA) is 81.1 Å². The maximum absolute atomic E-state index is 11.1. The molecule has 0 saturated carbocycles. The molecule has 0 spiro atoms. The first-order valence-electron chi connectivity index (χ1n) is 5.53. The fourth-order valence-corrected chi connectivity index (χ4v) is 2.48. The minimum absolute atomic E-state index is 0.453. The van der Waals surface area contributed by atoms with Crippen molar-refractivity contribution in [3.63, 3.8) is 0 Å². The molecule has 1 aromatic heterocycles. The van der Waals surface area contributed by atoms with Crippen molar-refractivity contribution in [1.29, 1.82) is 0 Å². The number of benzene rings is 1. The Kier molecular flexibility index (Phi) is 3.53. The SMILES string of the molecule is Cc1cscc1CNc1cc(C(N)=O)ccc1N. The molecule has 0 bridgehead atoms. The van der Waals surface area contributed by atoms with Gasteiger partial charge in [0.2, 0.25) is 5.91 Å². The molecular formula is C13H15N3OS. The largest absolute Gasteiger partial charge is 0.397 e. The van der Waals surface area contributed by atoms with Gasteiger partial charge in [-0.25, -0.2) is 0 Å². The van der Waals surface area contributed by atoms with Gasteiger partial charge in [-0.15, -0.1) is 0 Å². The highest BCUT2D eigenvalue weighted by Gasteiger charge is 2.06. The van der Waals surface area contributed by atoms with Crippen molar-refractivity contribution in [3.05, 3.63) is 45.6 Å². The molecule has 94 valence electrons. The van der Waals surface area contributed by atoms with Crippen molar-refractivity contribution in [2.75, 3.05) is 11.1 Å². The van der Waals surface area contributed by atoms with Crippen LogP contribution in [0.5, 0.6) is 0 Å². The van der Waals surface area contributed by atoms with Crippen LogP contribution >= 0.6 is 11.3 Å². The molecule has 0 aliphatic carbocycles. The van der Waals surface area contributed by atoms with Gasteiger partial charge < -0.3 is 16.8 Å². The molecule has 0 unspecified atom stereocenters. The van der Waals surface area contributed by atoms with Crippen LogP contribution in [0.15, 0.2) is 29.0 Å². The number of hydrogen-bond donors (Lipinski definition) is 3. The van der Waals surface area contributed by atoms with Crippen LogP contribution in [0.2, 0.25) is 0 Å². The van der Waals surface area contributed by atoms with Crippen molar-refractivity contribution in [2.45, 2.75) is 13.5 Å². The number of amides is 1. The predicted octanol–water partition coefficient (Wildman–Crippen LogP) is 2.35. The zero-order chi connectivity index (χ0) is 13.1. The summed E-state index contributed by atoms with van der Waals surface area (Å²) >= 11 is 1.67. The summed E-state index contributed by atoms with van der Waals surface area (Å²) in [6.07, 6.45) is 0. The van der Waals surface area contributed by atoms with Crippen LogP contribution in [-0.2, 0) is 6.54 Å². The number of nitrogens with one attached hydrogen (secondary N) is 1. The highest BCUT2D eigenvalue weighted by molar-refractivity contribution is 7.08. The van der Waals surface area contributed by atoms with Crippen molar-refractivity contribution in [1.82, 2.24) is 0 Å². The Balaban J connectivity index is 2.16. The van der Waals surface area contributed by atoms with E-state index in [1.807, 2.05) is 0 Å². The maximum atomic E-state index is 11.1. The zero-order valence-corrected chi connectivity index (χ0v) is 10.9. The third kappa shape index (κ3) is 2.62. The highest BCUT2D eigenvalue weighted by Crippen LogP contribution is 2.22. The summed E-state index contributed by atoms with van der Waals surface area (Å²) < 4.78 is 0. The Labute approximate surface area is 110 Å². The van der Waals surface area contributed by atoms with Crippen LogP contribution in [0.25, 0.3) is 0 Å². The molecule has 0 atom stereocenters. The van der Waals surface area contributed by atoms with Gasteiger partial charge in [0, 0.05) is 12.1 Å². The molecule has 0 saturated heterocycles. The number of anilines is 2. The van der Waals surface area contributed by atoms with E-state index in [0.717, 1.165) is 5.69 Å². The summed E-state index contributed by atoms with van der Waals surface area (Å²) in [5.74, 6) is -0.454. The van der Waals surface area contributed by atoms with Crippen molar-refractivity contribution in [3.8, 4) is 0 Å². The minimum atomic E-state index is -0.454. The van der Waals surface area contributed by atoms with Gasteiger partial charge in [0.25, 0.3) is 0 Å². The van der Waals surface area contributed by atoms with E-state index in [1.165, 1.54) is 11.1 Å². The van der Waals surface area contributed by atoms with E-state index in [2.05, 4.69) is 23.0 Å². The summed E-state index contributed by atoms with van der Waals surface area (Å²) in [6, 6.07) is 4.99. The fourth-order valence-electron chi connectivity index (χ4n) is 1.62. The Bertz CT molecular complexity index is 577. The first kappa shape index (κ1) is 12.4. The number of carbonyl (C=O) groups excluding carboxylic acids is 1. The number of nitrogens with two attached hydrogens (primary N) is 2. The average molecular weight is 261 g/mol. The Morgan fingerprint density at radius 3 is 2.78 bits per heavy atom. The van der Waals surface area contributed by atoms with Gasteiger partial charge in [0.05, 0.1) is 11.4 Å². The van der Waals surface area contributed by atoms with Crippen LogP contribution in [0.1, 0.15) is 21.5 Å². The molecule has 1 aromatic carbocycles. The molecule has 0 fully saturated rings. The number of carbonyl (C=O) groups is 1. The van der Waals surface area contributed by atoms with E-state index in [1.54, 1.807) is 29.5 Å². The molecule has 5 heteroatoms. The standard InChI is InChI=1S/C13H15N3OS/c1-8-6-18-7-10(8)5-16-12-4-9(13(15)17)2-3-11(12)14/h2-4,6-7,16H,5,14H2,1H3,(H2,15,17). The summed E-state index contributed by atoms with van der Waals surface area (Å²) in [5, 5.41) is 7.42. The molecular weight excluding hydrogens is 246 g/mol. The molecule has 18 heavy (non-hydrogen) atoms. The first-order valence-corrected chi connectivity index (χ1v) is 6.47. The number of aryl methyl sites for hydroxylation is 1. The Morgan fingerprint density at radius 1 is 1.39 bits per heavy atom. The lowest BCUT2D eigenvalue weighted by Gasteiger charge is -2.10. The molecule has 4 nitrogen and oxygen atoms in total. The average Bonchev–Trinajstić information content (AvgIpc) is 2.73. The lowest BCUT2D eigenvalue weighted by atomic mass is 10.1. The maximum Gasteiger partial charge on any atom is 0.248 e. The van der Waals surface area contributed by atoms with E-state index in [9.17, 15) is 4.79 Å². The third-order valence-corrected chi connectivity index (χ3v) is 3.68.